The summed E-state index contributed by atoms with van der Waals surface area (Å²) in [6.45, 7) is 3.97. The highest BCUT2D eigenvalue weighted by atomic mass is 16.1. The molecular weight excluding hydrogens is 140 g/mol. The van der Waals surface area contributed by atoms with Gasteiger partial charge in [-0.2, -0.15) is 0 Å². The molecule has 1 aliphatic rings. The molecule has 0 bridgehead atoms. The average molecular weight is 156 g/mol. The molecule has 3 heteroatoms. The van der Waals surface area contributed by atoms with Crippen LogP contribution in [0.4, 0.5) is 0 Å². The van der Waals surface area contributed by atoms with Gasteiger partial charge in [0.1, 0.15) is 0 Å². The fourth-order valence-corrected chi connectivity index (χ4v) is 1.35. The topological polar surface area (TPSA) is 41.1 Å². The highest BCUT2D eigenvalue weighted by Gasteiger charge is 2.16. The van der Waals surface area contributed by atoms with Gasteiger partial charge in [-0.25, -0.2) is 0 Å². The molecule has 2 N–H and O–H groups in total. The molecule has 0 spiro atoms. The van der Waals surface area contributed by atoms with Crippen LogP contribution >= 0.6 is 0 Å². The van der Waals surface area contributed by atoms with E-state index in [4.69, 9.17) is 0 Å². The smallest absolute Gasteiger partial charge is 0.220 e. The molecule has 0 aromatic heterocycles. The van der Waals surface area contributed by atoms with Gasteiger partial charge in [0.25, 0.3) is 0 Å². The highest BCUT2D eigenvalue weighted by molar-refractivity contribution is 5.76. The van der Waals surface area contributed by atoms with Crippen LogP contribution in [0.3, 0.4) is 0 Å². The van der Waals surface area contributed by atoms with Crippen molar-refractivity contribution in [2.24, 2.45) is 0 Å². The SMILES string of the molecule is CCNC[C@H]1CCCC(=O)N1. The Balaban J connectivity index is 2.17. The van der Waals surface area contributed by atoms with Gasteiger partial charge in [-0.3, -0.25) is 4.79 Å². The molecule has 1 amide bonds. The molecule has 3 nitrogen and oxygen atoms in total. The Morgan fingerprint density at radius 2 is 2.55 bits per heavy atom. The summed E-state index contributed by atoms with van der Waals surface area (Å²) < 4.78 is 0. The monoisotopic (exact) mass is 156 g/mol. The van der Waals surface area contributed by atoms with Crippen LogP contribution in [0.15, 0.2) is 0 Å². The molecule has 0 aromatic carbocycles. The fourth-order valence-electron chi connectivity index (χ4n) is 1.35. The van der Waals surface area contributed by atoms with Crippen LogP contribution in [0.5, 0.6) is 0 Å². The van der Waals surface area contributed by atoms with E-state index in [1.165, 1.54) is 0 Å². The largest absolute Gasteiger partial charge is 0.352 e. The number of carbonyl (C=O) groups excluding carboxylic acids is 1. The summed E-state index contributed by atoms with van der Waals surface area (Å²) in [5.74, 6) is 0.208. The number of nitrogens with one attached hydrogen (secondary N) is 2. The lowest BCUT2D eigenvalue weighted by molar-refractivity contribution is -0.123. The van der Waals surface area contributed by atoms with E-state index in [1.807, 2.05) is 0 Å². The zero-order valence-corrected chi connectivity index (χ0v) is 7.02. The number of likely N-dealkylation sites (N-methyl/N-ethyl adjacent to an activating group) is 1. The van der Waals surface area contributed by atoms with E-state index in [2.05, 4.69) is 17.6 Å². The van der Waals surface area contributed by atoms with Crippen LogP contribution < -0.4 is 10.6 Å². The zero-order chi connectivity index (χ0) is 8.10. The van der Waals surface area contributed by atoms with Crippen LogP contribution in [0.25, 0.3) is 0 Å². The number of carbonyl (C=O) groups is 1. The Bertz CT molecular complexity index is 136. The van der Waals surface area contributed by atoms with E-state index >= 15 is 0 Å². The van der Waals surface area contributed by atoms with E-state index in [0.717, 1.165) is 25.9 Å². The molecule has 11 heavy (non-hydrogen) atoms. The molecule has 0 aromatic rings. The first-order valence-electron chi connectivity index (χ1n) is 4.33. The first kappa shape index (κ1) is 8.53. The second-order valence-electron chi connectivity index (χ2n) is 2.96. The molecular formula is C8H16N2O. The third kappa shape index (κ3) is 2.89. The quantitative estimate of drug-likeness (QED) is 0.615. The lowest BCUT2D eigenvalue weighted by Gasteiger charge is -2.23. The van der Waals surface area contributed by atoms with Crippen LogP contribution in [0.2, 0.25) is 0 Å². The summed E-state index contributed by atoms with van der Waals surface area (Å²) in [5, 5.41) is 6.17. The van der Waals surface area contributed by atoms with Crippen LogP contribution in [0.1, 0.15) is 26.2 Å². The first-order valence-corrected chi connectivity index (χ1v) is 4.33. The zero-order valence-electron chi connectivity index (χ0n) is 7.02. The van der Waals surface area contributed by atoms with Crippen LogP contribution in [0, 0.1) is 0 Å². The maximum absolute atomic E-state index is 10.9. The van der Waals surface area contributed by atoms with Gasteiger partial charge in [0.15, 0.2) is 0 Å². The van der Waals surface area contributed by atoms with Crippen molar-refractivity contribution in [2.45, 2.75) is 32.2 Å². The lowest BCUT2D eigenvalue weighted by Crippen LogP contribution is -2.44. The molecule has 1 rings (SSSR count). The fraction of sp³-hybridized carbons (Fsp3) is 0.875. The van der Waals surface area contributed by atoms with Gasteiger partial charge < -0.3 is 10.6 Å². The van der Waals surface area contributed by atoms with Gasteiger partial charge in [0, 0.05) is 19.0 Å². The third-order valence-corrected chi connectivity index (χ3v) is 1.96. The van der Waals surface area contributed by atoms with E-state index in [9.17, 15) is 4.79 Å². The Morgan fingerprint density at radius 1 is 1.73 bits per heavy atom. The van der Waals surface area contributed by atoms with Gasteiger partial charge in [-0.1, -0.05) is 6.92 Å². The van der Waals surface area contributed by atoms with Crippen molar-refractivity contribution in [1.82, 2.24) is 10.6 Å². The maximum atomic E-state index is 10.9. The van der Waals surface area contributed by atoms with E-state index in [0.29, 0.717) is 12.5 Å². The third-order valence-electron chi connectivity index (χ3n) is 1.96. The standard InChI is InChI=1S/C8H16N2O/c1-2-9-6-7-4-3-5-8(11)10-7/h7,9H,2-6H2,1H3,(H,10,11)/t7-/m1/s1. The molecule has 0 aliphatic carbocycles. The van der Waals surface area contributed by atoms with Gasteiger partial charge >= 0.3 is 0 Å². The van der Waals surface area contributed by atoms with Crippen molar-refractivity contribution in [3.8, 4) is 0 Å². The van der Waals surface area contributed by atoms with Gasteiger partial charge in [-0.15, -0.1) is 0 Å². The number of hydrogen-bond acceptors (Lipinski definition) is 2. The van der Waals surface area contributed by atoms with Crippen molar-refractivity contribution in [2.75, 3.05) is 13.1 Å². The van der Waals surface area contributed by atoms with Crippen molar-refractivity contribution in [3.05, 3.63) is 0 Å². The lowest BCUT2D eigenvalue weighted by atomic mass is 10.0. The molecule has 1 atom stereocenters. The normalized spacial score (nSPS) is 24.8. The number of piperidine rings is 1. The molecule has 1 saturated heterocycles. The minimum absolute atomic E-state index is 0.208. The summed E-state index contributed by atoms with van der Waals surface area (Å²) in [7, 11) is 0. The van der Waals surface area contributed by atoms with Gasteiger partial charge in [0.2, 0.25) is 5.91 Å². The maximum Gasteiger partial charge on any atom is 0.220 e. The number of rotatable bonds is 3. The van der Waals surface area contributed by atoms with Crippen molar-refractivity contribution in [3.63, 3.8) is 0 Å². The predicted molar refractivity (Wildman–Crippen MR) is 44.3 cm³/mol. The molecule has 0 radical (unpaired) electrons. The van der Waals surface area contributed by atoms with Crippen LogP contribution in [-0.2, 0) is 4.79 Å². The van der Waals surface area contributed by atoms with Gasteiger partial charge in [-0.05, 0) is 19.4 Å². The molecule has 1 aliphatic heterocycles. The summed E-state index contributed by atoms with van der Waals surface area (Å²) in [6, 6.07) is 0.371. The average Bonchev–Trinajstić information content (AvgIpc) is 2.01. The summed E-state index contributed by atoms with van der Waals surface area (Å²) in [4.78, 5) is 10.9. The van der Waals surface area contributed by atoms with Crippen molar-refractivity contribution in [1.29, 1.82) is 0 Å². The molecule has 0 saturated carbocycles. The summed E-state index contributed by atoms with van der Waals surface area (Å²) >= 11 is 0. The van der Waals surface area contributed by atoms with Gasteiger partial charge in [0.05, 0.1) is 0 Å². The second kappa shape index (κ2) is 4.34. The van der Waals surface area contributed by atoms with Crippen LogP contribution in [-0.4, -0.2) is 25.0 Å². The second-order valence-corrected chi connectivity index (χ2v) is 2.96. The first-order chi connectivity index (χ1) is 5.33. The summed E-state index contributed by atoms with van der Waals surface area (Å²) in [5.41, 5.74) is 0. The Labute approximate surface area is 67.5 Å². The minimum atomic E-state index is 0.208. The van der Waals surface area contributed by atoms with E-state index in [1.54, 1.807) is 0 Å². The molecule has 0 unspecified atom stereocenters. The number of hydrogen-bond donors (Lipinski definition) is 2. The Morgan fingerprint density at radius 3 is 3.18 bits per heavy atom. The minimum Gasteiger partial charge on any atom is -0.352 e. The van der Waals surface area contributed by atoms with E-state index < -0.39 is 0 Å². The van der Waals surface area contributed by atoms with E-state index in [-0.39, 0.29) is 5.91 Å². The van der Waals surface area contributed by atoms with Crippen molar-refractivity contribution < 1.29 is 4.79 Å². The van der Waals surface area contributed by atoms with Crippen molar-refractivity contribution >= 4 is 5.91 Å². The summed E-state index contributed by atoms with van der Waals surface area (Å²) in [6.07, 6.45) is 2.88. The Hall–Kier alpha value is -0.570. The molecule has 1 fully saturated rings. The Kier molecular flexibility index (Phi) is 3.36. The molecule has 1 heterocycles. The molecule has 64 valence electrons. The predicted octanol–water partition coefficient (Wildman–Crippen LogP) is 0.265. The highest BCUT2D eigenvalue weighted by Crippen LogP contribution is 2.06. The number of amides is 1.